The Morgan fingerprint density at radius 1 is 1.00 bits per heavy atom. The molecular formula is C20H27ClN2O4. The minimum Gasteiger partial charge on any atom is -0.497 e. The molecule has 1 unspecified atom stereocenters. The molecule has 7 heteroatoms. The number of methoxy groups -OCH3 is 2. The highest BCUT2D eigenvalue weighted by Crippen LogP contribution is 2.27. The third kappa shape index (κ3) is 6.66. The average Bonchev–Trinajstić information content (AvgIpc) is 2.67. The zero-order valence-corrected chi connectivity index (χ0v) is 16.9. The van der Waals surface area contributed by atoms with Crippen LogP contribution in [0.5, 0.6) is 17.2 Å². The van der Waals surface area contributed by atoms with Gasteiger partial charge in [0.2, 0.25) is 0 Å². The predicted molar refractivity (Wildman–Crippen MR) is 108 cm³/mol. The second-order valence-electron chi connectivity index (χ2n) is 5.99. The average molecular weight is 395 g/mol. The molecule has 6 nitrogen and oxygen atoms in total. The quantitative estimate of drug-likeness (QED) is 0.708. The molecule has 0 aliphatic rings. The lowest BCUT2D eigenvalue weighted by molar-refractivity contribution is -0.123. The molecule has 2 aromatic rings. The van der Waals surface area contributed by atoms with Gasteiger partial charge >= 0.3 is 0 Å². The lowest BCUT2D eigenvalue weighted by Gasteiger charge is -2.26. The molecule has 1 amide bonds. The van der Waals surface area contributed by atoms with Gasteiger partial charge in [0.05, 0.1) is 20.3 Å². The molecule has 0 fully saturated rings. The molecule has 1 atom stereocenters. The molecule has 0 heterocycles. The van der Waals surface area contributed by atoms with E-state index in [0.717, 1.165) is 17.1 Å². The van der Waals surface area contributed by atoms with Crippen molar-refractivity contribution in [2.45, 2.75) is 6.04 Å². The summed E-state index contributed by atoms with van der Waals surface area (Å²) in [6.45, 7) is 0.413. The molecule has 27 heavy (non-hydrogen) atoms. The summed E-state index contributed by atoms with van der Waals surface area (Å²) in [6, 6.07) is 14.9. The molecule has 0 aromatic heterocycles. The van der Waals surface area contributed by atoms with Crippen molar-refractivity contribution >= 4 is 18.3 Å². The Balaban J connectivity index is 0.00000364. The van der Waals surface area contributed by atoms with Crippen molar-refractivity contribution in [1.29, 1.82) is 0 Å². The molecule has 1 N–H and O–H groups in total. The van der Waals surface area contributed by atoms with E-state index in [2.05, 4.69) is 5.32 Å². The Kier molecular flexibility index (Phi) is 9.47. The third-order valence-corrected chi connectivity index (χ3v) is 4.04. The van der Waals surface area contributed by atoms with Gasteiger partial charge < -0.3 is 24.4 Å². The fraction of sp³-hybridized carbons (Fsp3) is 0.350. The van der Waals surface area contributed by atoms with Crippen molar-refractivity contribution in [1.82, 2.24) is 10.2 Å². The van der Waals surface area contributed by atoms with E-state index in [1.807, 2.05) is 43.3 Å². The summed E-state index contributed by atoms with van der Waals surface area (Å²) in [4.78, 5) is 14.2. The number of ether oxygens (including phenoxy) is 3. The molecule has 0 aliphatic carbocycles. The van der Waals surface area contributed by atoms with Crippen LogP contribution in [0.2, 0.25) is 0 Å². The Hall–Kier alpha value is -2.44. The van der Waals surface area contributed by atoms with E-state index in [0.29, 0.717) is 12.3 Å². The van der Waals surface area contributed by atoms with Crippen molar-refractivity contribution in [3.8, 4) is 17.2 Å². The molecular weight excluding hydrogens is 368 g/mol. The highest BCUT2D eigenvalue weighted by atomic mass is 35.5. The van der Waals surface area contributed by atoms with Gasteiger partial charge in [-0.25, -0.2) is 0 Å². The number of nitrogens with one attached hydrogen (secondary N) is 1. The highest BCUT2D eigenvalue weighted by Gasteiger charge is 2.19. The van der Waals surface area contributed by atoms with Crippen LogP contribution < -0.4 is 19.5 Å². The number of halogens is 1. The summed E-state index contributed by atoms with van der Waals surface area (Å²) in [5.41, 5.74) is 1.02. The molecule has 148 valence electrons. The number of rotatable bonds is 9. The highest BCUT2D eigenvalue weighted by molar-refractivity contribution is 5.85. The zero-order valence-electron chi connectivity index (χ0n) is 16.1. The van der Waals surface area contributed by atoms with Gasteiger partial charge in [-0.15, -0.1) is 12.4 Å². The Bertz CT molecular complexity index is 707. The lowest BCUT2D eigenvalue weighted by atomic mass is 10.0. The third-order valence-electron chi connectivity index (χ3n) is 4.04. The monoisotopic (exact) mass is 394 g/mol. The second kappa shape index (κ2) is 11.3. The van der Waals surface area contributed by atoms with Crippen molar-refractivity contribution in [2.75, 3.05) is 41.5 Å². The van der Waals surface area contributed by atoms with E-state index in [-0.39, 0.29) is 31.0 Å². The molecule has 2 rings (SSSR count). The molecule has 0 bridgehead atoms. The number of hydrogen-bond acceptors (Lipinski definition) is 5. The molecule has 0 saturated carbocycles. The van der Waals surface area contributed by atoms with Crippen LogP contribution in [0.25, 0.3) is 0 Å². The van der Waals surface area contributed by atoms with Crippen molar-refractivity contribution in [2.24, 2.45) is 0 Å². The number of likely N-dealkylation sites (N-methyl/N-ethyl adjacent to an activating group) is 1. The van der Waals surface area contributed by atoms with E-state index in [1.165, 1.54) is 0 Å². The first kappa shape index (κ1) is 22.6. The number of amides is 1. The smallest absolute Gasteiger partial charge is 0.258 e. The standard InChI is InChI=1S/C20H26N2O4.ClH/c1-22(2)18(17-7-5-6-8-19(17)25-4)13-21-20(23)14-26-16-11-9-15(24-3)10-12-16;/h5-12,18H,13-14H2,1-4H3,(H,21,23);1H. The molecule has 2 aromatic carbocycles. The van der Waals surface area contributed by atoms with Crippen LogP contribution in [0.4, 0.5) is 0 Å². The van der Waals surface area contributed by atoms with E-state index < -0.39 is 0 Å². The maximum atomic E-state index is 12.1. The van der Waals surface area contributed by atoms with Gasteiger partial charge in [-0.3, -0.25) is 4.79 Å². The van der Waals surface area contributed by atoms with E-state index in [4.69, 9.17) is 14.2 Å². The Morgan fingerprint density at radius 2 is 1.63 bits per heavy atom. The summed E-state index contributed by atoms with van der Waals surface area (Å²) < 4.78 is 16.0. The zero-order chi connectivity index (χ0) is 18.9. The number of carbonyl (C=O) groups is 1. The van der Waals surface area contributed by atoms with Gasteiger partial charge in [0.25, 0.3) is 5.91 Å². The van der Waals surface area contributed by atoms with Crippen LogP contribution >= 0.6 is 12.4 Å². The number of benzene rings is 2. The number of carbonyl (C=O) groups excluding carboxylic acids is 1. The maximum Gasteiger partial charge on any atom is 0.258 e. The van der Waals surface area contributed by atoms with Crippen molar-refractivity contribution < 1.29 is 19.0 Å². The SMILES string of the molecule is COc1ccc(OCC(=O)NCC(c2ccccc2OC)N(C)C)cc1.Cl. The van der Waals surface area contributed by atoms with Gasteiger partial charge in [-0.05, 0) is 44.4 Å². The minimum absolute atomic E-state index is 0. The summed E-state index contributed by atoms with van der Waals surface area (Å²) in [6.07, 6.45) is 0. The fourth-order valence-corrected chi connectivity index (χ4v) is 2.59. The Labute approximate surface area is 166 Å². The van der Waals surface area contributed by atoms with E-state index >= 15 is 0 Å². The first-order valence-electron chi connectivity index (χ1n) is 8.38. The van der Waals surface area contributed by atoms with Crippen LogP contribution in [-0.4, -0.2) is 52.3 Å². The topological polar surface area (TPSA) is 60.0 Å². The van der Waals surface area contributed by atoms with E-state index in [1.54, 1.807) is 38.5 Å². The Morgan fingerprint density at radius 3 is 2.22 bits per heavy atom. The van der Waals surface area contributed by atoms with Gasteiger partial charge in [0.1, 0.15) is 17.2 Å². The molecule has 0 aliphatic heterocycles. The van der Waals surface area contributed by atoms with Crippen LogP contribution in [0.1, 0.15) is 11.6 Å². The molecule has 0 saturated heterocycles. The summed E-state index contributed by atoms with van der Waals surface area (Å²) in [5, 5.41) is 2.92. The number of nitrogens with zero attached hydrogens (tertiary/aromatic N) is 1. The summed E-state index contributed by atoms with van der Waals surface area (Å²) >= 11 is 0. The van der Waals surface area contributed by atoms with Crippen molar-refractivity contribution in [3.63, 3.8) is 0 Å². The largest absolute Gasteiger partial charge is 0.497 e. The normalized spacial score (nSPS) is 11.3. The van der Waals surface area contributed by atoms with Crippen LogP contribution in [0.15, 0.2) is 48.5 Å². The van der Waals surface area contributed by atoms with E-state index in [9.17, 15) is 4.79 Å². The molecule has 0 radical (unpaired) electrons. The number of hydrogen-bond donors (Lipinski definition) is 1. The summed E-state index contributed by atoms with van der Waals surface area (Å²) in [5.74, 6) is 1.99. The molecule has 0 spiro atoms. The van der Waals surface area contributed by atoms with Crippen molar-refractivity contribution in [3.05, 3.63) is 54.1 Å². The lowest BCUT2D eigenvalue weighted by Crippen LogP contribution is -2.37. The first-order valence-corrected chi connectivity index (χ1v) is 8.38. The maximum absolute atomic E-state index is 12.1. The minimum atomic E-state index is -0.178. The van der Waals surface area contributed by atoms with Gasteiger partial charge in [-0.1, -0.05) is 18.2 Å². The predicted octanol–water partition coefficient (Wildman–Crippen LogP) is 2.92. The second-order valence-corrected chi connectivity index (χ2v) is 5.99. The summed E-state index contributed by atoms with van der Waals surface area (Å²) in [7, 11) is 7.19. The first-order chi connectivity index (χ1) is 12.5. The fourth-order valence-electron chi connectivity index (χ4n) is 2.59. The van der Waals surface area contributed by atoms with Gasteiger partial charge in [-0.2, -0.15) is 0 Å². The number of para-hydroxylation sites is 1. The van der Waals surface area contributed by atoms with Gasteiger partial charge in [0, 0.05) is 12.1 Å². The van der Waals surface area contributed by atoms with Crippen LogP contribution in [-0.2, 0) is 4.79 Å². The van der Waals surface area contributed by atoms with Crippen LogP contribution in [0.3, 0.4) is 0 Å². The van der Waals surface area contributed by atoms with Crippen LogP contribution in [0, 0.1) is 0 Å². The van der Waals surface area contributed by atoms with Gasteiger partial charge in [0.15, 0.2) is 6.61 Å².